The highest BCUT2D eigenvalue weighted by molar-refractivity contribution is 5.55. The first-order valence-electron chi connectivity index (χ1n) is 6.12. The number of hydrogen-bond donors (Lipinski definition) is 1. The van der Waals surface area contributed by atoms with Gasteiger partial charge in [0.25, 0.3) is 0 Å². The lowest BCUT2D eigenvalue weighted by Crippen LogP contribution is -2.09. The lowest BCUT2D eigenvalue weighted by atomic mass is 10.1. The van der Waals surface area contributed by atoms with Gasteiger partial charge in [0.05, 0.1) is 0 Å². The van der Waals surface area contributed by atoms with Crippen LogP contribution in [-0.2, 0) is 0 Å². The Labute approximate surface area is 110 Å². The summed E-state index contributed by atoms with van der Waals surface area (Å²) in [4.78, 5) is 2.09. The molecule has 96 valence electrons. The van der Waals surface area contributed by atoms with Crippen molar-refractivity contribution in [2.75, 3.05) is 25.5 Å². The number of rotatable bonds is 6. The third-order valence-electron chi connectivity index (χ3n) is 2.71. The lowest BCUT2D eigenvalue weighted by Gasteiger charge is -2.11. The van der Waals surface area contributed by atoms with E-state index in [1.54, 1.807) is 6.08 Å². The number of allylic oxidation sites excluding steroid dienone is 2. The zero-order valence-corrected chi connectivity index (χ0v) is 11.2. The fourth-order valence-corrected chi connectivity index (χ4v) is 1.56. The Bertz CT molecular complexity index is 413. The van der Waals surface area contributed by atoms with Crippen molar-refractivity contribution in [1.82, 2.24) is 0 Å². The van der Waals surface area contributed by atoms with E-state index in [2.05, 4.69) is 54.0 Å². The van der Waals surface area contributed by atoms with Gasteiger partial charge < -0.3 is 10.6 Å². The molecule has 0 aliphatic heterocycles. The lowest BCUT2D eigenvalue weighted by molar-refractivity contribution is 0.824. The second-order valence-corrected chi connectivity index (χ2v) is 4.37. The standard InChI is InChI=1S/C16H22N2/c1-4-5-6-15(13-17)8-7-14-9-11-16(12-10-14)18(2)3/h4-12,15H,1,13,17H2,2-3H3/b6-5-,8-7+/t15-/m1/s1. The van der Waals surface area contributed by atoms with E-state index in [1.165, 1.54) is 11.3 Å². The van der Waals surface area contributed by atoms with Gasteiger partial charge in [-0.2, -0.15) is 0 Å². The van der Waals surface area contributed by atoms with Gasteiger partial charge in [0.2, 0.25) is 0 Å². The zero-order valence-electron chi connectivity index (χ0n) is 11.2. The maximum Gasteiger partial charge on any atom is 0.0361 e. The van der Waals surface area contributed by atoms with Crippen molar-refractivity contribution in [2.45, 2.75) is 0 Å². The first-order chi connectivity index (χ1) is 8.67. The SMILES string of the molecule is C=C/C=C\[C@H](/C=C/c1ccc(N(C)C)cc1)CN. The molecule has 0 radical (unpaired) electrons. The van der Waals surface area contributed by atoms with Crippen molar-refractivity contribution in [1.29, 1.82) is 0 Å². The van der Waals surface area contributed by atoms with Crippen molar-refractivity contribution in [3.63, 3.8) is 0 Å². The normalized spacial score (nSPS) is 13.1. The number of nitrogens with zero attached hydrogens (tertiary/aromatic N) is 1. The molecular weight excluding hydrogens is 220 g/mol. The van der Waals surface area contributed by atoms with Crippen LogP contribution in [0.1, 0.15) is 5.56 Å². The molecule has 0 saturated heterocycles. The van der Waals surface area contributed by atoms with Gasteiger partial charge in [0.1, 0.15) is 0 Å². The molecule has 2 heteroatoms. The first-order valence-corrected chi connectivity index (χ1v) is 6.12. The Hall–Kier alpha value is -1.80. The maximum absolute atomic E-state index is 5.70. The summed E-state index contributed by atoms with van der Waals surface area (Å²) in [6, 6.07) is 8.43. The summed E-state index contributed by atoms with van der Waals surface area (Å²) in [5.74, 6) is 0.261. The van der Waals surface area contributed by atoms with E-state index in [-0.39, 0.29) is 5.92 Å². The van der Waals surface area contributed by atoms with Crippen LogP contribution in [0, 0.1) is 5.92 Å². The van der Waals surface area contributed by atoms with Crippen LogP contribution < -0.4 is 10.6 Å². The minimum absolute atomic E-state index is 0.261. The summed E-state index contributed by atoms with van der Waals surface area (Å²) < 4.78 is 0. The van der Waals surface area contributed by atoms with E-state index < -0.39 is 0 Å². The van der Waals surface area contributed by atoms with Crippen molar-refractivity contribution in [3.8, 4) is 0 Å². The van der Waals surface area contributed by atoms with Gasteiger partial charge in [0, 0.05) is 32.2 Å². The first kappa shape index (κ1) is 14.3. The quantitative estimate of drug-likeness (QED) is 0.777. The summed E-state index contributed by atoms with van der Waals surface area (Å²) in [5.41, 5.74) is 8.09. The molecule has 1 atom stereocenters. The highest BCUT2D eigenvalue weighted by Crippen LogP contribution is 2.14. The monoisotopic (exact) mass is 242 g/mol. The highest BCUT2D eigenvalue weighted by atomic mass is 15.1. The molecular formula is C16H22N2. The number of benzene rings is 1. The Morgan fingerprint density at radius 3 is 2.39 bits per heavy atom. The molecule has 0 bridgehead atoms. The Kier molecular flexibility index (Phi) is 5.95. The van der Waals surface area contributed by atoms with Gasteiger partial charge in [-0.05, 0) is 17.7 Å². The Morgan fingerprint density at radius 1 is 1.22 bits per heavy atom. The van der Waals surface area contributed by atoms with Crippen molar-refractivity contribution in [3.05, 3.63) is 60.7 Å². The van der Waals surface area contributed by atoms with Gasteiger partial charge in [-0.1, -0.05) is 49.1 Å². The van der Waals surface area contributed by atoms with E-state index in [0.29, 0.717) is 6.54 Å². The molecule has 1 aromatic carbocycles. The molecule has 2 N–H and O–H groups in total. The van der Waals surface area contributed by atoms with Gasteiger partial charge in [-0.15, -0.1) is 0 Å². The molecule has 0 aliphatic rings. The van der Waals surface area contributed by atoms with Crippen LogP contribution >= 0.6 is 0 Å². The van der Waals surface area contributed by atoms with E-state index >= 15 is 0 Å². The molecule has 1 aromatic rings. The molecule has 18 heavy (non-hydrogen) atoms. The second-order valence-electron chi connectivity index (χ2n) is 4.37. The fraction of sp³-hybridized carbons (Fsp3) is 0.250. The van der Waals surface area contributed by atoms with Gasteiger partial charge >= 0.3 is 0 Å². The summed E-state index contributed by atoms with van der Waals surface area (Å²) in [5, 5.41) is 0. The van der Waals surface area contributed by atoms with Gasteiger partial charge in [-0.25, -0.2) is 0 Å². The largest absolute Gasteiger partial charge is 0.378 e. The average Bonchev–Trinajstić information content (AvgIpc) is 2.39. The fourth-order valence-electron chi connectivity index (χ4n) is 1.56. The third kappa shape index (κ3) is 4.60. The molecule has 0 heterocycles. The number of anilines is 1. The van der Waals surface area contributed by atoms with Crippen LogP contribution in [0.2, 0.25) is 0 Å². The van der Waals surface area contributed by atoms with E-state index in [0.717, 1.165) is 0 Å². The molecule has 1 rings (SSSR count). The smallest absolute Gasteiger partial charge is 0.0361 e. The molecule has 0 spiro atoms. The second kappa shape index (κ2) is 7.51. The van der Waals surface area contributed by atoms with Crippen LogP contribution in [0.15, 0.2) is 55.1 Å². The third-order valence-corrected chi connectivity index (χ3v) is 2.71. The minimum Gasteiger partial charge on any atom is -0.378 e. The van der Waals surface area contributed by atoms with Crippen molar-refractivity contribution >= 4 is 11.8 Å². The molecule has 0 aromatic heterocycles. The van der Waals surface area contributed by atoms with Gasteiger partial charge in [-0.3, -0.25) is 0 Å². The van der Waals surface area contributed by atoms with E-state index in [1.807, 2.05) is 20.2 Å². The average molecular weight is 242 g/mol. The number of hydrogen-bond acceptors (Lipinski definition) is 2. The Balaban J connectivity index is 2.70. The number of nitrogens with two attached hydrogens (primary N) is 1. The van der Waals surface area contributed by atoms with E-state index in [4.69, 9.17) is 5.73 Å². The molecule has 0 aliphatic carbocycles. The predicted octanol–water partition coefficient (Wildman–Crippen LogP) is 3.08. The van der Waals surface area contributed by atoms with Gasteiger partial charge in [0.15, 0.2) is 0 Å². The molecule has 0 unspecified atom stereocenters. The Morgan fingerprint density at radius 2 is 1.89 bits per heavy atom. The molecule has 0 fully saturated rings. The summed E-state index contributed by atoms with van der Waals surface area (Å²) in [6.45, 7) is 4.26. The van der Waals surface area contributed by atoms with Crippen LogP contribution in [0.5, 0.6) is 0 Å². The zero-order chi connectivity index (χ0) is 13.4. The van der Waals surface area contributed by atoms with Crippen molar-refractivity contribution in [2.24, 2.45) is 11.7 Å². The molecule has 0 saturated carbocycles. The van der Waals surface area contributed by atoms with Crippen LogP contribution in [0.4, 0.5) is 5.69 Å². The predicted molar refractivity (Wildman–Crippen MR) is 81.7 cm³/mol. The van der Waals surface area contributed by atoms with Crippen LogP contribution in [0.25, 0.3) is 6.08 Å². The minimum atomic E-state index is 0.261. The van der Waals surface area contributed by atoms with E-state index in [9.17, 15) is 0 Å². The molecule has 0 amide bonds. The maximum atomic E-state index is 5.70. The molecule has 2 nitrogen and oxygen atoms in total. The highest BCUT2D eigenvalue weighted by Gasteiger charge is 1.96. The van der Waals surface area contributed by atoms with Crippen LogP contribution in [-0.4, -0.2) is 20.6 Å². The summed E-state index contributed by atoms with van der Waals surface area (Å²) >= 11 is 0. The summed E-state index contributed by atoms with van der Waals surface area (Å²) in [6.07, 6.45) is 9.96. The van der Waals surface area contributed by atoms with Crippen molar-refractivity contribution < 1.29 is 0 Å². The summed E-state index contributed by atoms with van der Waals surface area (Å²) in [7, 11) is 4.07. The van der Waals surface area contributed by atoms with Crippen LogP contribution in [0.3, 0.4) is 0 Å². The topological polar surface area (TPSA) is 29.3 Å².